The third kappa shape index (κ3) is 6.95. The lowest BCUT2D eigenvalue weighted by molar-refractivity contribution is -0.137. The maximum absolute atomic E-state index is 13.9. The zero-order valence-electron chi connectivity index (χ0n) is 27.2. The predicted octanol–water partition coefficient (Wildman–Crippen LogP) is 6.52. The molecule has 1 aromatic carbocycles. The van der Waals surface area contributed by atoms with Crippen LogP contribution in [0.1, 0.15) is 74.8 Å². The molecule has 0 atom stereocenters. The SMILES string of the molecule is C=C1C2CCC(CC2)N1CCCNc1nc(Nc2ccc(N3CCN(C4CCN(C)CC4)CC3)cc2C2CC2)ncc1C(F)(F)F. The van der Waals surface area contributed by atoms with E-state index in [1.807, 2.05) is 0 Å². The maximum Gasteiger partial charge on any atom is 0.421 e. The average Bonchev–Trinajstić information content (AvgIpc) is 3.91. The van der Waals surface area contributed by atoms with Crippen LogP contribution in [0.15, 0.2) is 36.7 Å². The molecule has 6 aliphatic rings. The molecule has 2 saturated carbocycles. The van der Waals surface area contributed by atoms with E-state index in [9.17, 15) is 13.2 Å². The van der Waals surface area contributed by atoms with Crippen molar-refractivity contribution in [2.24, 2.45) is 5.92 Å². The van der Waals surface area contributed by atoms with Gasteiger partial charge in [0.25, 0.3) is 0 Å². The van der Waals surface area contributed by atoms with Crippen molar-refractivity contribution in [2.75, 3.05) is 74.9 Å². The first-order valence-corrected chi connectivity index (χ1v) is 17.4. The molecule has 0 unspecified atom stereocenters. The summed E-state index contributed by atoms with van der Waals surface area (Å²) in [6.07, 6.45) is 6.62. The highest BCUT2D eigenvalue weighted by molar-refractivity contribution is 5.67. The Hall–Kier alpha value is -3.05. The monoisotopic (exact) mass is 638 g/mol. The first-order valence-electron chi connectivity index (χ1n) is 17.4. The topological polar surface area (TPSA) is 62.8 Å². The van der Waals surface area contributed by atoms with E-state index in [4.69, 9.17) is 0 Å². The van der Waals surface area contributed by atoms with Crippen LogP contribution in [0, 0.1) is 5.92 Å². The van der Waals surface area contributed by atoms with Gasteiger partial charge in [-0.1, -0.05) is 6.58 Å². The van der Waals surface area contributed by atoms with Gasteiger partial charge >= 0.3 is 6.18 Å². The Morgan fingerprint density at radius 2 is 1.61 bits per heavy atom. The third-order valence-corrected chi connectivity index (χ3v) is 11.1. The first-order chi connectivity index (χ1) is 22.2. The van der Waals surface area contributed by atoms with Crippen molar-refractivity contribution in [3.05, 3.63) is 47.8 Å². The quantitative estimate of drug-likeness (QED) is 0.285. The summed E-state index contributed by atoms with van der Waals surface area (Å²) in [5.41, 5.74) is 3.66. The number of nitrogens with zero attached hydrogens (tertiary/aromatic N) is 6. The van der Waals surface area contributed by atoms with Gasteiger partial charge in [0, 0.05) is 74.6 Å². The van der Waals surface area contributed by atoms with Crippen molar-refractivity contribution in [3.8, 4) is 0 Å². The van der Waals surface area contributed by atoms with Gasteiger partial charge in [0.2, 0.25) is 5.95 Å². The van der Waals surface area contributed by atoms with Crippen LogP contribution in [0.5, 0.6) is 0 Å². The molecule has 4 saturated heterocycles. The minimum absolute atomic E-state index is 0.170. The molecule has 6 fully saturated rings. The molecule has 0 amide bonds. The molecule has 8 nitrogen and oxygen atoms in total. The fourth-order valence-corrected chi connectivity index (χ4v) is 8.17. The van der Waals surface area contributed by atoms with E-state index in [2.05, 4.69) is 72.0 Å². The summed E-state index contributed by atoms with van der Waals surface area (Å²) in [5, 5.41) is 6.28. The lowest BCUT2D eigenvalue weighted by Gasteiger charge is -2.48. The summed E-state index contributed by atoms with van der Waals surface area (Å²) >= 11 is 0. The lowest BCUT2D eigenvalue weighted by atomic mass is 9.78. The molecule has 11 heteroatoms. The Bertz CT molecular complexity index is 1370. The van der Waals surface area contributed by atoms with Crippen LogP contribution >= 0.6 is 0 Å². The van der Waals surface area contributed by atoms with Gasteiger partial charge < -0.3 is 25.3 Å². The fraction of sp³-hybridized carbons (Fsp3) is 0.657. The van der Waals surface area contributed by atoms with Crippen LogP contribution in [0.2, 0.25) is 0 Å². The molecule has 8 rings (SSSR count). The van der Waals surface area contributed by atoms with E-state index in [-0.39, 0.29) is 11.8 Å². The van der Waals surface area contributed by atoms with Crippen LogP contribution in [0.4, 0.5) is 36.3 Å². The molecule has 0 radical (unpaired) electrons. The zero-order valence-corrected chi connectivity index (χ0v) is 27.2. The highest BCUT2D eigenvalue weighted by Crippen LogP contribution is 2.46. The number of alkyl halides is 3. The molecule has 2 aliphatic carbocycles. The Morgan fingerprint density at radius 1 is 0.891 bits per heavy atom. The molecular formula is C35H49F3N8. The van der Waals surface area contributed by atoms with Gasteiger partial charge in [0.05, 0.1) is 0 Å². The van der Waals surface area contributed by atoms with E-state index < -0.39 is 11.7 Å². The summed E-state index contributed by atoms with van der Waals surface area (Å²) in [5.74, 6) is 1.03. The molecule has 0 spiro atoms. The maximum atomic E-state index is 13.9. The van der Waals surface area contributed by atoms with Gasteiger partial charge in [-0.2, -0.15) is 18.2 Å². The van der Waals surface area contributed by atoms with E-state index in [0.29, 0.717) is 36.9 Å². The summed E-state index contributed by atoms with van der Waals surface area (Å²) in [7, 11) is 2.21. The molecule has 1 aromatic heterocycles. The number of hydrogen-bond acceptors (Lipinski definition) is 8. The largest absolute Gasteiger partial charge is 0.421 e. The smallest absolute Gasteiger partial charge is 0.372 e. The molecule has 250 valence electrons. The number of nitrogens with one attached hydrogen (secondary N) is 2. The number of fused-ring (bicyclic) bond motifs is 3. The zero-order chi connectivity index (χ0) is 31.8. The minimum atomic E-state index is -4.54. The van der Waals surface area contributed by atoms with Gasteiger partial charge in [-0.15, -0.1) is 0 Å². The average molecular weight is 639 g/mol. The second-order valence-corrected chi connectivity index (χ2v) is 14.2. The van der Waals surface area contributed by atoms with E-state index in [1.54, 1.807) is 0 Å². The number of anilines is 4. The molecular weight excluding hydrogens is 589 g/mol. The number of piperazine rings is 1. The van der Waals surface area contributed by atoms with Crippen LogP contribution in [-0.4, -0.2) is 96.2 Å². The first kappa shape index (κ1) is 31.5. The van der Waals surface area contributed by atoms with Crippen molar-refractivity contribution < 1.29 is 13.2 Å². The highest BCUT2D eigenvalue weighted by atomic mass is 19.4. The van der Waals surface area contributed by atoms with Crippen molar-refractivity contribution in [1.29, 1.82) is 0 Å². The summed E-state index contributed by atoms with van der Waals surface area (Å²) < 4.78 is 41.8. The van der Waals surface area contributed by atoms with E-state index in [1.165, 1.54) is 68.6 Å². The number of piperidine rings is 3. The van der Waals surface area contributed by atoms with Crippen molar-refractivity contribution in [2.45, 2.75) is 82.0 Å². The number of halogens is 3. The van der Waals surface area contributed by atoms with Crippen LogP contribution < -0.4 is 15.5 Å². The van der Waals surface area contributed by atoms with Crippen LogP contribution in [-0.2, 0) is 6.18 Å². The molecule has 2 bridgehead atoms. The lowest BCUT2D eigenvalue weighted by Crippen LogP contribution is -2.53. The molecule has 2 N–H and O–H groups in total. The summed E-state index contributed by atoms with van der Waals surface area (Å²) in [4.78, 5) is 18.4. The Balaban J connectivity index is 0.998. The van der Waals surface area contributed by atoms with Crippen molar-refractivity contribution in [3.63, 3.8) is 0 Å². The number of aromatic nitrogens is 2. The van der Waals surface area contributed by atoms with E-state index >= 15 is 0 Å². The van der Waals surface area contributed by atoms with Crippen LogP contribution in [0.3, 0.4) is 0 Å². The molecule has 46 heavy (non-hydrogen) atoms. The number of likely N-dealkylation sites (tertiary alicyclic amines) is 1. The van der Waals surface area contributed by atoms with Gasteiger partial charge in [0.1, 0.15) is 11.4 Å². The summed E-state index contributed by atoms with van der Waals surface area (Å²) in [6, 6.07) is 7.68. The van der Waals surface area contributed by atoms with Gasteiger partial charge in [-0.3, -0.25) is 4.90 Å². The second kappa shape index (κ2) is 13.2. The van der Waals surface area contributed by atoms with Crippen LogP contribution in [0.25, 0.3) is 0 Å². The third-order valence-electron chi connectivity index (χ3n) is 11.1. The molecule has 5 heterocycles. The van der Waals surface area contributed by atoms with Crippen molar-refractivity contribution >= 4 is 23.1 Å². The molecule has 2 aromatic rings. The second-order valence-electron chi connectivity index (χ2n) is 14.2. The predicted molar refractivity (Wildman–Crippen MR) is 178 cm³/mol. The number of benzene rings is 1. The number of allylic oxidation sites excluding steroid dienone is 1. The van der Waals surface area contributed by atoms with Gasteiger partial charge in [-0.05, 0) is 114 Å². The fourth-order valence-electron chi connectivity index (χ4n) is 8.17. The standard InChI is InChI=1S/C35H49F3N8/c1-24-25-6-8-28(9-7-25)46(24)15-3-14-39-33-31(35(36,37)38)23-40-34(42-33)41-32-11-10-29(22-30(32)26-4-5-26)45-20-18-44(19-21-45)27-12-16-43(2)17-13-27/h10-11,22-23,25-28H,1,3-9,12-21H2,2H3,(H2,39,40,41,42). The Morgan fingerprint density at radius 3 is 2.28 bits per heavy atom. The number of hydrogen-bond donors (Lipinski definition) is 2. The highest BCUT2D eigenvalue weighted by Gasteiger charge is 2.37. The summed E-state index contributed by atoms with van der Waals surface area (Å²) in [6.45, 7) is 12.0. The Kier molecular flexibility index (Phi) is 9.06. The normalized spacial score (nSPS) is 24.9. The van der Waals surface area contributed by atoms with Gasteiger partial charge in [-0.25, -0.2) is 4.98 Å². The van der Waals surface area contributed by atoms with E-state index in [0.717, 1.165) is 57.4 Å². The molecule has 4 aliphatic heterocycles. The Labute approximate surface area is 271 Å². The van der Waals surface area contributed by atoms with Gasteiger partial charge in [0.15, 0.2) is 0 Å². The van der Waals surface area contributed by atoms with Crippen molar-refractivity contribution in [1.82, 2.24) is 24.7 Å². The number of rotatable bonds is 10. The minimum Gasteiger partial charge on any atom is -0.372 e.